The molecule has 0 spiro atoms. The SMILES string of the molecule is FC1(F)CC1Cn1ccnc1C1CCOCC1. The average molecular weight is 242 g/mol. The molecule has 0 aromatic carbocycles. The molecule has 2 heterocycles. The lowest BCUT2D eigenvalue weighted by Crippen LogP contribution is -2.19. The van der Waals surface area contributed by atoms with Crippen LogP contribution in [0.3, 0.4) is 0 Å². The van der Waals surface area contributed by atoms with Crippen LogP contribution in [-0.4, -0.2) is 28.7 Å². The molecule has 3 nitrogen and oxygen atoms in total. The number of hydrogen-bond acceptors (Lipinski definition) is 2. The van der Waals surface area contributed by atoms with Crippen LogP contribution in [0.4, 0.5) is 8.78 Å². The monoisotopic (exact) mass is 242 g/mol. The second-order valence-electron chi connectivity index (χ2n) is 4.99. The fourth-order valence-corrected chi connectivity index (χ4v) is 2.50. The fraction of sp³-hybridized carbons (Fsp3) is 0.750. The molecule has 1 aliphatic heterocycles. The lowest BCUT2D eigenvalue weighted by Gasteiger charge is -2.22. The fourth-order valence-electron chi connectivity index (χ4n) is 2.50. The van der Waals surface area contributed by atoms with Gasteiger partial charge in [0.25, 0.3) is 5.92 Å². The maximum atomic E-state index is 12.9. The Labute approximate surface area is 98.8 Å². The Bertz CT molecular complexity index is 399. The molecule has 94 valence electrons. The molecule has 1 atom stereocenters. The van der Waals surface area contributed by atoms with Gasteiger partial charge in [-0.1, -0.05) is 0 Å². The van der Waals surface area contributed by atoms with Crippen LogP contribution in [0.5, 0.6) is 0 Å². The van der Waals surface area contributed by atoms with E-state index in [2.05, 4.69) is 4.98 Å². The van der Waals surface area contributed by atoms with Gasteiger partial charge in [0.1, 0.15) is 5.82 Å². The summed E-state index contributed by atoms with van der Waals surface area (Å²) in [5.41, 5.74) is 0. The van der Waals surface area contributed by atoms with Crippen molar-refractivity contribution in [2.75, 3.05) is 13.2 Å². The van der Waals surface area contributed by atoms with Gasteiger partial charge in [-0.25, -0.2) is 13.8 Å². The van der Waals surface area contributed by atoms with E-state index in [0.29, 0.717) is 12.5 Å². The molecule has 2 fully saturated rings. The molecule has 0 N–H and O–H groups in total. The third-order valence-electron chi connectivity index (χ3n) is 3.71. The summed E-state index contributed by atoms with van der Waals surface area (Å²) in [5.74, 6) is -1.62. The van der Waals surface area contributed by atoms with Crippen molar-refractivity contribution in [1.29, 1.82) is 0 Å². The van der Waals surface area contributed by atoms with Crippen LogP contribution < -0.4 is 0 Å². The minimum atomic E-state index is -2.45. The first-order valence-corrected chi connectivity index (χ1v) is 6.13. The summed E-state index contributed by atoms with van der Waals surface area (Å²) in [7, 11) is 0. The number of aromatic nitrogens is 2. The predicted octanol–water partition coefficient (Wildman–Crippen LogP) is 2.43. The molecule has 1 saturated heterocycles. The molecule has 1 aromatic heterocycles. The van der Waals surface area contributed by atoms with Crippen LogP contribution in [0.2, 0.25) is 0 Å². The van der Waals surface area contributed by atoms with E-state index in [9.17, 15) is 8.78 Å². The van der Waals surface area contributed by atoms with Crippen molar-refractivity contribution < 1.29 is 13.5 Å². The van der Waals surface area contributed by atoms with Crippen LogP contribution >= 0.6 is 0 Å². The minimum absolute atomic E-state index is 0.0262. The second kappa shape index (κ2) is 4.05. The van der Waals surface area contributed by atoms with E-state index in [4.69, 9.17) is 4.74 Å². The van der Waals surface area contributed by atoms with E-state index in [1.54, 1.807) is 6.20 Å². The largest absolute Gasteiger partial charge is 0.381 e. The van der Waals surface area contributed by atoms with Gasteiger partial charge >= 0.3 is 0 Å². The molecule has 1 aliphatic carbocycles. The van der Waals surface area contributed by atoms with Crippen LogP contribution in [-0.2, 0) is 11.3 Å². The van der Waals surface area contributed by atoms with Crippen molar-refractivity contribution in [3.8, 4) is 0 Å². The zero-order valence-corrected chi connectivity index (χ0v) is 9.61. The number of rotatable bonds is 3. The van der Waals surface area contributed by atoms with Crippen molar-refractivity contribution in [3.63, 3.8) is 0 Å². The summed E-state index contributed by atoms with van der Waals surface area (Å²) in [6.45, 7) is 1.90. The topological polar surface area (TPSA) is 27.1 Å². The normalized spacial score (nSPS) is 28.2. The Hall–Kier alpha value is -0.970. The van der Waals surface area contributed by atoms with Crippen molar-refractivity contribution >= 4 is 0 Å². The van der Waals surface area contributed by atoms with E-state index in [1.165, 1.54) is 0 Å². The van der Waals surface area contributed by atoms with Gasteiger partial charge in [0, 0.05) is 50.4 Å². The Morgan fingerprint density at radius 2 is 2.12 bits per heavy atom. The van der Waals surface area contributed by atoms with Gasteiger partial charge in [-0.05, 0) is 12.8 Å². The zero-order valence-electron chi connectivity index (χ0n) is 9.61. The Balaban J connectivity index is 1.70. The molecule has 2 aliphatic rings. The first-order valence-electron chi connectivity index (χ1n) is 6.13. The van der Waals surface area contributed by atoms with E-state index in [0.717, 1.165) is 31.9 Å². The molecule has 1 unspecified atom stereocenters. The molecule has 17 heavy (non-hydrogen) atoms. The standard InChI is InChI=1S/C12H16F2N2O/c13-12(14)7-10(12)8-16-4-3-15-11(16)9-1-5-17-6-2-9/h3-4,9-10H,1-2,5-8H2. The van der Waals surface area contributed by atoms with E-state index >= 15 is 0 Å². The quantitative estimate of drug-likeness (QED) is 0.814. The highest BCUT2D eigenvalue weighted by Gasteiger charge is 2.56. The number of imidazole rings is 1. The van der Waals surface area contributed by atoms with Gasteiger partial charge in [0.15, 0.2) is 0 Å². The molecule has 1 saturated carbocycles. The first-order chi connectivity index (χ1) is 8.17. The first kappa shape index (κ1) is 11.1. The van der Waals surface area contributed by atoms with Crippen molar-refractivity contribution in [2.45, 2.75) is 37.6 Å². The minimum Gasteiger partial charge on any atom is -0.381 e. The number of alkyl halides is 2. The number of nitrogens with zero attached hydrogens (tertiary/aromatic N) is 2. The van der Waals surface area contributed by atoms with Gasteiger partial charge in [-0.3, -0.25) is 0 Å². The summed E-state index contributed by atoms with van der Waals surface area (Å²) >= 11 is 0. The lowest BCUT2D eigenvalue weighted by molar-refractivity contribution is 0.0811. The highest BCUT2D eigenvalue weighted by atomic mass is 19.3. The molecular formula is C12H16F2N2O. The summed E-state index contributed by atoms with van der Waals surface area (Å²) in [4.78, 5) is 4.33. The molecule has 0 radical (unpaired) electrons. The smallest absolute Gasteiger partial charge is 0.253 e. The summed E-state index contributed by atoms with van der Waals surface area (Å²) in [6.07, 6.45) is 5.44. The molecule has 0 bridgehead atoms. The van der Waals surface area contributed by atoms with Gasteiger partial charge in [-0.15, -0.1) is 0 Å². The highest BCUT2D eigenvalue weighted by Crippen LogP contribution is 2.49. The van der Waals surface area contributed by atoms with E-state index in [1.807, 2.05) is 10.8 Å². The molecule has 5 heteroatoms. The van der Waals surface area contributed by atoms with Gasteiger partial charge in [0.05, 0.1) is 0 Å². The molecule has 1 aromatic rings. The van der Waals surface area contributed by atoms with Crippen LogP contribution in [0.1, 0.15) is 31.0 Å². The highest BCUT2D eigenvalue weighted by molar-refractivity contribution is 5.04. The van der Waals surface area contributed by atoms with Crippen molar-refractivity contribution in [2.24, 2.45) is 5.92 Å². The van der Waals surface area contributed by atoms with Gasteiger partial charge < -0.3 is 9.30 Å². The molecule has 3 rings (SSSR count). The lowest BCUT2D eigenvalue weighted by atomic mass is 9.99. The maximum Gasteiger partial charge on any atom is 0.253 e. The zero-order chi connectivity index (χ0) is 11.9. The Morgan fingerprint density at radius 1 is 1.41 bits per heavy atom. The van der Waals surface area contributed by atoms with Crippen molar-refractivity contribution in [3.05, 3.63) is 18.2 Å². The van der Waals surface area contributed by atoms with Crippen LogP contribution in [0.15, 0.2) is 12.4 Å². The molecule has 0 amide bonds. The number of ether oxygens (including phenoxy) is 1. The van der Waals surface area contributed by atoms with Gasteiger partial charge in [-0.2, -0.15) is 0 Å². The average Bonchev–Trinajstić information content (AvgIpc) is 2.76. The number of hydrogen-bond donors (Lipinski definition) is 0. The third-order valence-corrected chi connectivity index (χ3v) is 3.71. The summed E-state index contributed by atoms with van der Waals surface area (Å²) in [5, 5.41) is 0. The van der Waals surface area contributed by atoms with Gasteiger partial charge in [0.2, 0.25) is 0 Å². The van der Waals surface area contributed by atoms with Crippen LogP contribution in [0, 0.1) is 5.92 Å². The van der Waals surface area contributed by atoms with Crippen LogP contribution in [0.25, 0.3) is 0 Å². The number of halogens is 2. The molecular weight excluding hydrogens is 226 g/mol. The van der Waals surface area contributed by atoms with E-state index in [-0.39, 0.29) is 6.42 Å². The predicted molar refractivity (Wildman–Crippen MR) is 58.1 cm³/mol. The Kier molecular flexibility index (Phi) is 2.65. The Morgan fingerprint density at radius 3 is 2.76 bits per heavy atom. The summed E-state index contributed by atoms with van der Waals surface area (Å²) in [6, 6.07) is 0. The third kappa shape index (κ3) is 2.20. The van der Waals surface area contributed by atoms with E-state index < -0.39 is 11.8 Å². The second-order valence-corrected chi connectivity index (χ2v) is 4.99. The maximum absolute atomic E-state index is 12.9. The van der Waals surface area contributed by atoms with Crippen molar-refractivity contribution in [1.82, 2.24) is 9.55 Å². The summed E-state index contributed by atoms with van der Waals surface area (Å²) < 4.78 is 33.0.